The van der Waals surface area contributed by atoms with Crippen LogP contribution < -0.4 is 5.32 Å². The Bertz CT molecular complexity index is 1190. The number of amides is 1. The summed E-state index contributed by atoms with van der Waals surface area (Å²) < 4.78 is 7.04. The van der Waals surface area contributed by atoms with Crippen molar-refractivity contribution in [3.63, 3.8) is 0 Å². The van der Waals surface area contributed by atoms with Gasteiger partial charge in [-0.2, -0.15) is 5.26 Å². The van der Waals surface area contributed by atoms with Crippen molar-refractivity contribution >= 4 is 34.6 Å². The fraction of sp³-hybridized carbons (Fsp3) is 0.167. The molecule has 0 saturated carbocycles. The second-order valence-corrected chi connectivity index (χ2v) is 6.81. The number of esters is 1. The van der Waals surface area contributed by atoms with E-state index in [1.165, 1.54) is 13.0 Å². The van der Waals surface area contributed by atoms with E-state index in [0.717, 1.165) is 10.9 Å². The van der Waals surface area contributed by atoms with Gasteiger partial charge >= 0.3 is 5.97 Å². The first-order valence-corrected chi connectivity index (χ1v) is 9.69. The van der Waals surface area contributed by atoms with Crippen LogP contribution in [0.1, 0.15) is 29.3 Å². The number of ether oxygens (including phenoxy) is 1. The van der Waals surface area contributed by atoms with Crippen LogP contribution in [0.3, 0.4) is 0 Å². The van der Waals surface area contributed by atoms with Gasteiger partial charge in [0.05, 0.1) is 12.5 Å². The first-order valence-electron chi connectivity index (χ1n) is 9.69. The molecule has 0 aliphatic rings. The number of hydrogen-bond acceptors (Lipinski definition) is 5. The summed E-state index contributed by atoms with van der Waals surface area (Å²) in [7, 11) is 0. The number of Topliss-reactive ketones (excluding diaryl/α,β-unsaturated/α-hetero) is 1. The van der Waals surface area contributed by atoms with Gasteiger partial charge in [0.25, 0.3) is 0 Å². The molecule has 1 heterocycles. The maximum Gasteiger partial charge on any atom is 0.355 e. The number of fused-ring (bicyclic) bond motifs is 1. The van der Waals surface area contributed by atoms with Gasteiger partial charge in [0.1, 0.15) is 5.70 Å². The minimum Gasteiger partial charge on any atom is -0.453 e. The summed E-state index contributed by atoms with van der Waals surface area (Å²) in [5.41, 5.74) is 1.89. The van der Waals surface area contributed by atoms with Crippen molar-refractivity contribution in [3.8, 4) is 6.07 Å². The SMILES string of the molecule is CC(=O)N/C(=C/c1ccccc1)C(=O)OCC(=O)c1cn(CCC#N)c2ccccc12. The minimum atomic E-state index is -0.805. The maximum atomic E-state index is 12.8. The summed E-state index contributed by atoms with van der Waals surface area (Å²) >= 11 is 0. The van der Waals surface area contributed by atoms with Gasteiger partial charge in [0.2, 0.25) is 11.7 Å². The number of para-hydroxylation sites is 1. The third kappa shape index (κ3) is 5.46. The van der Waals surface area contributed by atoms with Crippen molar-refractivity contribution in [2.75, 3.05) is 6.61 Å². The highest BCUT2D eigenvalue weighted by molar-refractivity contribution is 6.09. The Balaban J connectivity index is 1.77. The Labute approximate surface area is 179 Å². The third-order valence-electron chi connectivity index (χ3n) is 4.53. The Morgan fingerprint density at radius 3 is 2.52 bits per heavy atom. The van der Waals surface area contributed by atoms with Crippen LogP contribution in [0.15, 0.2) is 66.5 Å². The number of nitriles is 1. The summed E-state index contributed by atoms with van der Waals surface area (Å²) in [6, 6.07) is 18.4. The van der Waals surface area contributed by atoms with E-state index in [9.17, 15) is 14.4 Å². The zero-order valence-corrected chi connectivity index (χ0v) is 17.0. The number of nitrogens with one attached hydrogen (secondary N) is 1. The van der Waals surface area contributed by atoms with Gasteiger partial charge < -0.3 is 14.6 Å². The molecule has 1 aromatic heterocycles. The van der Waals surface area contributed by atoms with Crippen molar-refractivity contribution in [1.82, 2.24) is 9.88 Å². The number of hydrogen-bond donors (Lipinski definition) is 1. The quantitative estimate of drug-likeness (QED) is 0.345. The fourth-order valence-corrected chi connectivity index (χ4v) is 3.16. The molecular weight excluding hydrogens is 394 g/mol. The van der Waals surface area contributed by atoms with Crippen LogP contribution in [0.4, 0.5) is 0 Å². The lowest BCUT2D eigenvalue weighted by Crippen LogP contribution is -2.27. The second-order valence-electron chi connectivity index (χ2n) is 6.81. The molecule has 1 N–H and O–H groups in total. The molecule has 0 fully saturated rings. The zero-order valence-electron chi connectivity index (χ0n) is 17.0. The largest absolute Gasteiger partial charge is 0.453 e. The van der Waals surface area contributed by atoms with E-state index >= 15 is 0 Å². The number of rotatable bonds is 8. The van der Waals surface area contributed by atoms with Crippen LogP contribution >= 0.6 is 0 Å². The van der Waals surface area contributed by atoms with E-state index in [1.807, 2.05) is 34.9 Å². The predicted molar refractivity (Wildman–Crippen MR) is 116 cm³/mol. The number of aryl methyl sites for hydroxylation is 1. The lowest BCUT2D eigenvalue weighted by Gasteiger charge is -2.08. The third-order valence-corrected chi connectivity index (χ3v) is 4.53. The highest BCUT2D eigenvalue weighted by atomic mass is 16.5. The molecule has 7 nitrogen and oxygen atoms in total. The van der Waals surface area contributed by atoms with Crippen LogP contribution in [0, 0.1) is 11.3 Å². The standard InChI is InChI=1S/C24H21N3O4/c1-17(28)26-21(14-18-8-3-2-4-9-18)24(30)31-16-23(29)20-15-27(13-7-12-25)22-11-6-5-10-19(20)22/h2-6,8-11,14-15H,7,13,16H2,1H3,(H,26,28)/b21-14+. The Morgan fingerprint density at radius 2 is 1.81 bits per heavy atom. The highest BCUT2D eigenvalue weighted by Gasteiger charge is 2.19. The minimum absolute atomic E-state index is 0.0528. The average Bonchev–Trinajstić information content (AvgIpc) is 3.14. The molecule has 0 unspecified atom stereocenters. The highest BCUT2D eigenvalue weighted by Crippen LogP contribution is 2.22. The molecule has 0 bridgehead atoms. The summed E-state index contributed by atoms with van der Waals surface area (Å²) in [4.78, 5) is 36.8. The smallest absolute Gasteiger partial charge is 0.355 e. The molecular formula is C24H21N3O4. The molecule has 156 valence electrons. The Kier molecular flexibility index (Phi) is 6.97. The molecule has 31 heavy (non-hydrogen) atoms. The number of carbonyl (C=O) groups excluding carboxylic acids is 3. The van der Waals surface area contributed by atoms with Crippen LogP contribution in [0.25, 0.3) is 17.0 Å². The van der Waals surface area contributed by atoms with Crippen LogP contribution in [-0.4, -0.2) is 28.8 Å². The first-order chi connectivity index (χ1) is 15.0. The van der Waals surface area contributed by atoms with Crippen LogP contribution in [0.2, 0.25) is 0 Å². The van der Waals surface area contributed by atoms with Crippen molar-refractivity contribution < 1.29 is 19.1 Å². The monoisotopic (exact) mass is 415 g/mol. The van der Waals surface area contributed by atoms with Gasteiger partial charge in [-0.05, 0) is 17.7 Å². The molecule has 2 aromatic carbocycles. The lowest BCUT2D eigenvalue weighted by atomic mass is 10.1. The van der Waals surface area contributed by atoms with E-state index in [1.54, 1.807) is 30.5 Å². The van der Waals surface area contributed by atoms with Crippen molar-refractivity contribution in [1.29, 1.82) is 5.26 Å². The Morgan fingerprint density at radius 1 is 1.10 bits per heavy atom. The number of nitrogens with zero attached hydrogens (tertiary/aromatic N) is 2. The van der Waals surface area contributed by atoms with E-state index in [4.69, 9.17) is 10.00 Å². The van der Waals surface area contributed by atoms with Crippen LogP contribution in [-0.2, 0) is 20.9 Å². The van der Waals surface area contributed by atoms with Gasteiger partial charge in [-0.15, -0.1) is 0 Å². The second kappa shape index (κ2) is 10.0. The summed E-state index contributed by atoms with van der Waals surface area (Å²) in [5, 5.41) is 12.0. The number of carbonyl (C=O) groups is 3. The van der Waals surface area contributed by atoms with Gasteiger partial charge in [0, 0.05) is 36.1 Å². The molecule has 0 atom stereocenters. The van der Waals surface area contributed by atoms with E-state index in [-0.39, 0.29) is 11.5 Å². The molecule has 3 rings (SSSR count). The van der Waals surface area contributed by atoms with Crippen LogP contribution in [0.5, 0.6) is 0 Å². The number of aromatic nitrogens is 1. The van der Waals surface area contributed by atoms with E-state index in [2.05, 4.69) is 11.4 Å². The maximum absolute atomic E-state index is 12.8. The van der Waals surface area contributed by atoms with Gasteiger partial charge in [-0.25, -0.2) is 4.79 Å². The number of ketones is 1. The van der Waals surface area contributed by atoms with E-state index in [0.29, 0.717) is 24.1 Å². The number of benzene rings is 2. The summed E-state index contributed by atoms with van der Waals surface area (Å²) in [6.07, 6.45) is 3.47. The predicted octanol–water partition coefficient (Wildman–Crippen LogP) is 3.46. The first kappa shape index (κ1) is 21.5. The van der Waals surface area contributed by atoms with Crippen molar-refractivity contribution in [2.45, 2.75) is 19.9 Å². The molecule has 0 aliphatic heterocycles. The molecule has 1 amide bonds. The molecule has 0 spiro atoms. The molecule has 0 aliphatic carbocycles. The fourth-order valence-electron chi connectivity index (χ4n) is 3.16. The van der Waals surface area contributed by atoms with E-state index < -0.39 is 18.5 Å². The molecule has 0 radical (unpaired) electrons. The summed E-state index contributed by atoms with van der Waals surface area (Å²) in [6.45, 7) is 1.26. The average molecular weight is 415 g/mol. The lowest BCUT2D eigenvalue weighted by molar-refractivity contribution is -0.139. The van der Waals surface area contributed by atoms with Crippen molar-refractivity contribution in [3.05, 3.63) is 77.6 Å². The molecule has 0 saturated heterocycles. The van der Waals surface area contributed by atoms with Gasteiger partial charge in [-0.3, -0.25) is 9.59 Å². The zero-order chi connectivity index (χ0) is 22.2. The molecule has 7 heteroatoms. The topological polar surface area (TPSA) is 101 Å². The Hall–Kier alpha value is -4.18. The van der Waals surface area contributed by atoms with Crippen molar-refractivity contribution in [2.24, 2.45) is 0 Å². The van der Waals surface area contributed by atoms with Gasteiger partial charge in [-0.1, -0.05) is 48.5 Å². The molecule has 3 aromatic rings. The van der Waals surface area contributed by atoms with Gasteiger partial charge in [0.15, 0.2) is 6.61 Å². The normalized spacial score (nSPS) is 11.0. The summed E-state index contributed by atoms with van der Waals surface area (Å²) in [5.74, 6) is -1.60.